The highest BCUT2D eigenvalue weighted by Crippen LogP contribution is 2.31. The first-order valence-corrected chi connectivity index (χ1v) is 14.0. The Labute approximate surface area is 237 Å². The average molecular weight is 533 g/mol. The highest BCUT2D eigenvalue weighted by molar-refractivity contribution is 5.78. The van der Waals surface area contributed by atoms with Gasteiger partial charge >= 0.3 is 0 Å². The van der Waals surface area contributed by atoms with Gasteiger partial charge in [-0.15, -0.1) is 5.10 Å². The van der Waals surface area contributed by atoms with Crippen LogP contribution in [0.3, 0.4) is 0 Å². The van der Waals surface area contributed by atoms with Crippen LogP contribution in [-0.4, -0.2) is 45.1 Å². The number of benzene rings is 3. The zero-order valence-electron chi connectivity index (χ0n) is 23.4. The van der Waals surface area contributed by atoms with Crippen molar-refractivity contribution in [1.82, 2.24) is 19.9 Å². The minimum Gasteiger partial charge on any atom is -0.374 e. The van der Waals surface area contributed by atoms with Crippen molar-refractivity contribution in [3.63, 3.8) is 0 Å². The van der Waals surface area contributed by atoms with Crippen LogP contribution in [0.25, 0.3) is 11.1 Å². The predicted octanol–water partition coefficient (Wildman–Crippen LogP) is 6.14. The number of hydrogen-bond donors (Lipinski definition) is 0. The Bertz CT molecular complexity index is 1450. The molecular weight excluding hydrogens is 496 g/mol. The molecule has 6 nitrogen and oxygen atoms in total. The molecule has 6 heteroatoms. The molecule has 1 aliphatic heterocycles. The van der Waals surface area contributed by atoms with Gasteiger partial charge < -0.3 is 9.64 Å². The van der Waals surface area contributed by atoms with Crippen LogP contribution < -0.4 is 0 Å². The Morgan fingerprint density at radius 1 is 0.950 bits per heavy atom. The molecule has 0 unspecified atom stereocenters. The van der Waals surface area contributed by atoms with E-state index in [0.29, 0.717) is 12.2 Å². The summed E-state index contributed by atoms with van der Waals surface area (Å²) in [5.74, 6) is 6.27. The normalized spacial score (nSPS) is 18.0. The van der Waals surface area contributed by atoms with Gasteiger partial charge in [0.15, 0.2) is 5.69 Å². The van der Waals surface area contributed by atoms with Gasteiger partial charge in [0.05, 0.1) is 30.4 Å². The number of carbonyl (C=O) groups is 1. The van der Waals surface area contributed by atoms with E-state index in [9.17, 15) is 4.79 Å². The van der Waals surface area contributed by atoms with Crippen molar-refractivity contribution in [3.05, 3.63) is 108 Å². The molecule has 4 aromatic rings. The van der Waals surface area contributed by atoms with E-state index in [-0.39, 0.29) is 30.1 Å². The first kappa shape index (κ1) is 27.4. The summed E-state index contributed by atoms with van der Waals surface area (Å²) in [7, 11) is 1.87. The van der Waals surface area contributed by atoms with Gasteiger partial charge in [-0.1, -0.05) is 90.9 Å². The van der Waals surface area contributed by atoms with Crippen LogP contribution in [0.2, 0.25) is 0 Å². The number of carbonyl (C=O) groups excluding carboxylic acids is 1. The largest absolute Gasteiger partial charge is 0.374 e. The van der Waals surface area contributed by atoms with E-state index in [1.165, 1.54) is 11.1 Å². The van der Waals surface area contributed by atoms with Crippen LogP contribution in [0.1, 0.15) is 56.0 Å². The maximum atomic E-state index is 13.0. The first-order chi connectivity index (χ1) is 19.5. The van der Waals surface area contributed by atoms with E-state index in [2.05, 4.69) is 53.3 Å². The fraction of sp³-hybridized carbons (Fsp3) is 0.324. The molecular formula is C34H36N4O2. The van der Waals surface area contributed by atoms with Crippen LogP contribution in [0.4, 0.5) is 0 Å². The lowest BCUT2D eigenvalue weighted by atomic mass is 9.99. The van der Waals surface area contributed by atoms with Crippen LogP contribution in [0.15, 0.2) is 91.1 Å². The molecule has 4 atom stereocenters. The fourth-order valence-electron chi connectivity index (χ4n) is 5.27. The molecule has 5 rings (SSSR count). The molecule has 0 radical (unpaired) electrons. The summed E-state index contributed by atoms with van der Waals surface area (Å²) in [6.45, 7) is 4.71. The lowest BCUT2D eigenvalue weighted by molar-refractivity contribution is -0.139. The third-order valence-corrected chi connectivity index (χ3v) is 7.62. The van der Waals surface area contributed by atoms with E-state index in [0.717, 1.165) is 30.4 Å². The molecule has 1 aliphatic rings. The quantitative estimate of drug-likeness (QED) is 0.256. The topological polar surface area (TPSA) is 60.2 Å². The lowest BCUT2D eigenvalue weighted by Crippen LogP contribution is -2.37. The van der Waals surface area contributed by atoms with Gasteiger partial charge in [-0.25, -0.2) is 4.68 Å². The van der Waals surface area contributed by atoms with Gasteiger partial charge in [0, 0.05) is 19.2 Å². The van der Waals surface area contributed by atoms with Crippen molar-refractivity contribution in [3.8, 4) is 23.0 Å². The summed E-state index contributed by atoms with van der Waals surface area (Å²) < 4.78 is 8.22. The molecule has 0 spiro atoms. The van der Waals surface area contributed by atoms with Crippen LogP contribution >= 0.6 is 0 Å². The molecule has 3 aromatic carbocycles. The van der Waals surface area contributed by atoms with E-state index in [1.54, 1.807) is 4.90 Å². The smallest absolute Gasteiger partial charge is 0.228 e. The van der Waals surface area contributed by atoms with Crippen molar-refractivity contribution >= 4 is 5.91 Å². The van der Waals surface area contributed by atoms with Gasteiger partial charge in [0.2, 0.25) is 5.91 Å². The minimum atomic E-state index is -0.177. The Morgan fingerprint density at radius 3 is 2.35 bits per heavy atom. The highest BCUT2D eigenvalue weighted by Gasteiger charge is 2.35. The maximum Gasteiger partial charge on any atom is 0.228 e. The third-order valence-electron chi connectivity index (χ3n) is 7.62. The average Bonchev–Trinajstić information content (AvgIpc) is 3.67. The van der Waals surface area contributed by atoms with Crippen molar-refractivity contribution in [2.45, 2.75) is 57.9 Å². The van der Waals surface area contributed by atoms with E-state index < -0.39 is 0 Å². The highest BCUT2D eigenvalue weighted by atomic mass is 16.5. The molecule has 1 aromatic heterocycles. The fourth-order valence-corrected chi connectivity index (χ4v) is 5.27. The molecule has 2 heterocycles. The number of amides is 1. The number of nitrogens with zero attached hydrogens (tertiary/aromatic N) is 4. The standard InChI is InChI=1S/C34H36N4O2/c1-25(22-32-20-21-33(40-32)26(2)34(39)37(3)23-28-10-6-4-7-11-28)38-24-31(35-36-38)19-16-27-14-17-30(18-15-27)29-12-8-5-9-13-29/h4-15,17-18,24-26,32-33H,20-23H2,1-3H3/t25-,26-,32+,33-/m1/s1. The molecule has 204 valence electrons. The summed E-state index contributed by atoms with van der Waals surface area (Å²) in [6, 6.07) is 28.7. The lowest BCUT2D eigenvalue weighted by Gasteiger charge is -2.26. The Kier molecular flexibility index (Phi) is 8.73. The summed E-state index contributed by atoms with van der Waals surface area (Å²) in [6.07, 6.45) is 4.57. The molecule has 0 N–H and O–H groups in total. The number of ether oxygens (including phenoxy) is 1. The van der Waals surface area contributed by atoms with Crippen molar-refractivity contribution in [1.29, 1.82) is 0 Å². The predicted molar refractivity (Wildman–Crippen MR) is 157 cm³/mol. The van der Waals surface area contributed by atoms with Gasteiger partial charge in [-0.05, 0) is 60.9 Å². The van der Waals surface area contributed by atoms with Gasteiger partial charge in [0.1, 0.15) is 0 Å². The summed E-state index contributed by atoms with van der Waals surface area (Å²) in [5, 5.41) is 8.58. The van der Waals surface area contributed by atoms with Gasteiger partial charge in [-0.2, -0.15) is 0 Å². The zero-order valence-corrected chi connectivity index (χ0v) is 23.4. The number of aromatic nitrogens is 3. The van der Waals surface area contributed by atoms with Crippen LogP contribution in [0, 0.1) is 17.8 Å². The summed E-state index contributed by atoms with van der Waals surface area (Å²) in [4.78, 5) is 14.8. The van der Waals surface area contributed by atoms with Gasteiger partial charge in [-0.3, -0.25) is 4.79 Å². The Morgan fingerprint density at radius 2 is 1.62 bits per heavy atom. The molecule has 0 bridgehead atoms. The summed E-state index contributed by atoms with van der Waals surface area (Å²) in [5.41, 5.74) is 5.06. The third kappa shape index (κ3) is 6.86. The van der Waals surface area contributed by atoms with Crippen molar-refractivity contribution in [2.75, 3.05) is 7.05 Å². The number of hydrogen-bond acceptors (Lipinski definition) is 4. The van der Waals surface area contributed by atoms with Crippen LogP contribution in [0.5, 0.6) is 0 Å². The molecule has 1 fully saturated rings. The van der Waals surface area contributed by atoms with Crippen molar-refractivity contribution in [2.24, 2.45) is 5.92 Å². The van der Waals surface area contributed by atoms with E-state index >= 15 is 0 Å². The summed E-state index contributed by atoms with van der Waals surface area (Å²) >= 11 is 0. The second kappa shape index (κ2) is 12.8. The molecule has 1 amide bonds. The molecule has 1 saturated heterocycles. The molecule has 40 heavy (non-hydrogen) atoms. The molecule has 0 aliphatic carbocycles. The van der Waals surface area contributed by atoms with Crippen LogP contribution in [-0.2, 0) is 16.1 Å². The first-order valence-electron chi connectivity index (χ1n) is 14.0. The number of rotatable bonds is 8. The second-order valence-corrected chi connectivity index (χ2v) is 10.7. The van der Waals surface area contributed by atoms with E-state index in [1.807, 2.05) is 85.5 Å². The Balaban J connectivity index is 1.12. The monoisotopic (exact) mass is 532 g/mol. The zero-order chi connectivity index (χ0) is 27.9. The SMILES string of the molecule is C[C@H](C[C@@H]1CC[C@H]([C@@H](C)C(=O)N(C)Cc2ccccc2)O1)n1cc(C#Cc2ccc(-c3ccccc3)cc2)nn1. The maximum absolute atomic E-state index is 13.0. The minimum absolute atomic E-state index is 0.0617. The van der Waals surface area contributed by atoms with Gasteiger partial charge in [0.25, 0.3) is 0 Å². The molecule has 0 saturated carbocycles. The Hall–Kier alpha value is -4.21. The second-order valence-electron chi connectivity index (χ2n) is 10.7. The van der Waals surface area contributed by atoms with E-state index in [4.69, 9.17) is 4.74 Å². The van der Waals surface area contributed by atoms with Crippen molar-refractivity contribution < 1.29 is 9.53 Å².